The first kappa shape index (κ1) is 16.6. The van der Waals surface area contributed by atoms with E-state index in [1.54, 1.807) is 0 Å². The molecule has 0 saturated heterocycles. The zero-order valence-electron chi connectivity index (χ0n) is 8.85. The van der Waals surface area contributed by atoms with Gasteiger partial charge in [-0.15, -0.1) is 12.4 Å². The van der Waals surface area contributed by atoms with E-state index in [1.807, 2.05) is 0 Å². The minimum absolute atomic E-state index is 0. The Morgan fingerprint density at radius 3 is 2.50 bits per heavy atom. The normalized spacial score (nSPS) is 12.7. The van der Waals surface area contributed by atoms with Crippen molar-refractivity contribution >= 4 is 18.1 Å². The Kier molecular flexibility index (Phi) is 5.53. The molecule has 0 bridgehead atoms. The average Bonchev–Trinajstić information content (AvgIpc) is 2.28. The van der Waals surface area contributed by atoms with Crippen LogP contribution in [0, 0.1) is 15.9 Å². The number of aliphatic hydroxyl groups is 1. The zero-order valence-corrected chi connectivity index (χ0v) is 9.66. The number of nitrogens with zero attached hydrogens (tertiary/aromatic N) is 1. The lowest BCUT2D eigenvalue weighted by molar-refractivity contribution is -0.385. The van der Waals surface area contributed by atoms with E-state index in [4.69, 9.17) is 10.8 Å². The summed E-state index contributed by atoms with van der Waals surface area (Å²) in [6, 6.07) is -0.0000997. The number of hydrogen-bond donors (Lipinski definition) is 2. The van der Waals surface area contributed by atoms with Crippen LogP contribution in [0.1, 0.15) is 11.6 Å². The number of nitro groups is 1. The monoisotopic (exact) mass is 286 g/mol. The summed E-state index contributed by atoms with van der Waals surface area (Å²) in [5.41, 5.74) is 3.82. The second-order valence-electron chi connectivity index (χ2n) is 3.36. The molecular formula is C9H10ClF3N2O3. The lowest BCUT2D eigenvalue weighted by atomic mass is 10.0. The Morgan fingerprint density at radius 1 is 1.50 bits per heavy atom. The fourth-order valence-corrected chi connectivity index (χ4v) is 1.21. The number of hydrogen-bond acceptors (Lipinski definition) is 4. The molecule has 18 heavy (non-hydrogen) atoms. The van der Waals surface area contributed by atoms with Gasteiger partial charge in [-0.05, 0) is 6.07 Å². The van der Waals surface area contributed by atoms with E-state index in [2.05, 4.69) is 0 Å². The van der Waals surface area contributed by atoms with E-state index in [1.165, 1.54) is 0 Å². The molecule has 9 heteroatoms. The molecule has 0 spiro atoms. The first-order valence-electron chi connectivity index (χ1n) is 4.47. The number of aliphatic hydroxyl groups excluding tert-OH is 1. The third kappa shape index (κ3) is 3.31. The Hall–Kier alpha value is -1.38. The van der Waals surface area contributed by atoms with Gasteiger partial charge in [-0.25, -0.2) is 13.2 Å². The maximum atomic E-state index is 13.2. The molecule has 0 aliphatic carbocycles. The van der Waals surface area contributed by atoms with Gasteiger partial charge in [0.2, 0.25) is 0 Å². The topological polar surface area (TPSA) is 89.4 Å². The molecule has 1 rings (SSSR count). The summed E-state index contributed by atoms with van der Waals surface area (Å²) in [7, 11) is 0. The smallest absolute Gasteiger partial charge is 0.289 e. The average molecular weight is 287 g/mol. The largest absolute Gasteiger partial charge is 0.390 e. The van der Waals surface area contributed by atoms with E-state index in [0.29, 0.717) is 12.1 Å². The molecular weight excluding hydrogens is 277 g/mol. The van der Waals surface area contributed by atoms with Crippen LogP contribution in [0.25, 0.3) is 0 Å². The molecule has 1 aromatic rings. The number of halogens is 4. The van der Waals surface area contributed by atoms with Gasteiger partial charge >= 0.3 is 0 Å². The number of rotatable bonds is 4. The quantitative estimate of drug-likeness (QED) is 0.652. The highest BCUT2D eigenvalue weighted by atomic mass is 35.5. The SMILES string of the molecule is Cl.N[C@H](c1cc([N+](=O)[O-])ccc1F)C(F)(F)CO. The Balaban J connectivity index is 0.00000289. The summed E-state index contributed by atoms with van der Waals surface area (Å²) >= 11 is 0. The van der Waals surface area contributed by atoms with E-state index < -0.39 is 40.6 Å². The van der Waals surface area contributed by atoms with Crippen molar-refractivity contribution in [2.75, 3.05) is 6.61 Å². The van der Waals surface area contributed by atoms with Gasteiger partial charge in [-0.2, -0.15) is 0 Å². The van der Waals surface area contributed by atoms with Gasteiger partial charge in [0, 0.05) is 17.7 Å². The van der Waals surface area contributed by atoms with Crippen molar-refractivity contribution in [3.05, 3.63) is 39.7 Å². The van der Waals surface area contributed by atoms with Gasteiger partial charge in [-0.1, -0.05) is 0 Å². The van der Waals surface area contributed by atoms with Crippen molar-refractivity contribution in [2.45, 2.75) is 12.0 Å². The van der Waals surface area contributed by atoms with Crippen LogP contribution in [0.5, 0.6) is 0 Å². The third-order valence-corrected chi connectivity index (χ3v) is 2.19. The molecule has 0 unspecified atom stereocenters. The molecule has 0 saturated carbocycles. The summed E-state index contributed by atoms with van der Waals surface area (Å²) < 4.78 is 39.3. The van der Waals surface area contributed by atoms with Crippen molar-refractivity contribution < 1.29 is 23.2 Å². The summed E-state index contributed by atoms with van der Waals surface area (Å²) in [5.74, 6) is -4.84. The lowest BCUT2D eigenvalue weighted by Crippen LogP contribution is -2.36. The van der Waals surface area contributed by atoms with Gasteiger partial charge in [0.05, 0.1) is 11.0 Å². The molecule has 102 valence electrons. The molecule has 1 aromatic carbocycles. The summed E-state index contributed by atoms with van der Waals surface area (Å²) in [5, 5.41) is 18.8. The van der Waals surface area contributed by atoms with Crippen LogP contribution >= 0.6 is 12.4 Å². The van der Waals surface area contributed by atoms with Crippen molar-refractivity contribution in [3.63, 3.8) is 0 Å². The zero-order chi connectivity index (χ0) is 13.2. The number of nitro benzene ring substituents is 1. The van der Waals surface area contributed by atoms with Gasteiger partial charge in [0.1, 0.15) is 12.4 Å². The Morgan fingerprint density at radius 2 is 2.06 bits per heavy atom. The van der Waals surface area contributed by atoms with Crippen molar-refractivity contribution in [1.82, 2.24) is 0 Å². The highest BCUT2D eigenvalue weighted by Crippen LogP contribution is 2.32. The van der Waals surface area contributed by atoms with Crippen LogP contribution in [-0.4, -0.2) is 22.6 Å². The highest BCUT2D eigenvalue weighted by molar-refractivity contribution is 5.85. The number of non-ortho nitro benzene ring substituents is 1. The van der Waals surface area contributed by atoms with Gasteiger partial charge in [0.15, 0.2) is 0 Å². The predicted molar refractivity (Wildman–Crippen MR) is 59.3 cm³/mol. The molecule has 0 aromatic heterocycles. The lowest BCUT2D eigenvalue weighted by Gasteiger charge is -2.21. The van der Waals surface area contributed by atoms with Gasteiger partial charge in [0.25, 0.3) is 11.6 Å². The van der Waals surface area contributed by atoms with Gasteiger partial charge < -0.3 is 10.8 Å². The fraction of sp³-hybridized carbons (Fsp3) is 0.333. The second-order valence-corrected chi connectivity index (χ2v) is 3.36. The van der Waals surface area contributed by atoms with Crippen LogP contribution in [0.15, 0.2) is 18.2 Å². The number of alkyl halides is 2. The molecule has 0 fully saturated rings. The van der Waals surface area contributed by atoms with E-state index in [9.17, 15) is 23.3 Å². The van der Waals surface area contributed by atoms with Crippen LogP contribution in [0.4, 0.5) is 18.9 Å². The highest BCUT2D eigenvalue weighted by Gasteiger charge is 2.39. The van der Waals surface area contributed by atoms with Crippen molar-refractivity contribution in [1.29, 1.82) is 0 Å². The molecule has 5 nitrogen and oxygen atoms in total. The standard InChI is InChI=1S/C9H9F3N2O3.ClH/c10-7-2-1-5(14(16)17)3-6(7)8(13)9(11,12)4-15;/h1-3,8,15H,4,13H2;1H/t8-;/m1./s1. The van der Waals surface area contributed by atoms with Crippen LogP contribution < -0.4 is 5.73 Å². The minimum Gasteiger partial charge on any atom is -0.390 e. The van der Waals surface area contributed by atoms with Crippen molar-refractivity contribution in [3.8, 4) is 0 Å². The minimum atomic E-state index is -3.75. The van der Waals surface area contributed by atoms with E-state index >= 15 is 0 Å². The molecule has 0 amide bonds. The molecule has 1 atom stereocenters. The van der Waals surface area contributed by atoms with Crippen LogP contribution in [-0.2, 0) is 0 Å². The summed E-state index contributed by atoms with van der Waals surface area (Å²) in [6.07, 6.45) is 0. The first-order chi connectivity index (χ1) is 7.79. The number of benzene rings is 1. The Bertz CT molecular complexity index is 445. The maximum absolute atomic E-state index is 13.2. The molecule has 0 heterocycles. The second kappa shape index (κ2) is 5.98. The summed E-state index contributed by atoms with van der Waals surface area (Å²) in [4.78, 5) is 9.56. The predicted octanol–water partition coefficient (Wildman–Crippen LogP) is 1.78. The van der Waals surface area contributed by atoms with Gasteiger partial charge in [-0.3, -0.25) is 10.1 Å². The summed E-state index contributed by atoms with van der Waals surface area (Å²) in [6.45, 7) is -1.57. The van der Waals surface area contributed by atoms with Crippen molar-refractivity contribution in [2.24, 2.45) is 5.73 Å². The number of nitrogens with two attached hydrogens (primary N) is 1. The third-order valence-electron chi connectivity index (χ3n) is 2.19. The van der Waals surface area contributed by atoms with E-state index in [0.717, 1.165) is 6.07 Å². The van der Waals surface area contributed by atoms with Crippen LogP contribution in [0.2, 0.25) is 0 Å². The Labute approximate surface area is 106 Å². The molecule has 0 aliphatic rings. The maximum Gasteiger partial charge on any atom is 0.289 e. The fourth-order valence-electron chi connectivity index (χ4n) is 1.21. The van der Waals surface area contributed by atoms with E-state index in [-0.39, 0.29) is 12.4 Å². The first-order valence-corrected chi connectivity index (χ1v) is 4.47. The molecule has 0 radical (unpaired) electrons. The van der Waals surface area contributed by atoms with Crippen LogP contribution in [0.3, 0.4) is 0 Å². The molecule has 0 aliphatic heterocycles. The molecule has 3 N–H and O–H groups in total.